The van der Waals surface area contributed by atoms with Crippen LogP contribution in [-0.2, 0) is 11.3 Å². The topological polar surface area (TPSA) is 44.4 Å². The highest BCUT2D eigenvalue weighted by atomic mass is 35.5. The summed E-state index contributed by atoms with van der Waals surface area (Å²) in [5.74, 6) is 0.729. The molecule has 0 radical (unpaired) electrons. The number of benzene rings is 1. The van der Waals surface area contributed by atoms with Gasteiger partial charge in [0.05, 0.1) is 0 Å². The van der Waals surface area contributed by atoms with E-state index in [1.807, 2.05) is 14.0 Å². The van der Waals surface area contributed by atoms with Gasteiger partial charge in [-0.3, -0.25) is 9.69 Å². The molecule has 1 fully saturated rings. The molecule has 1 heterocycles. The molecule has 3 unspecified atom stereocenters. The van der Waals surface area contributed by atoms with Gasteiger partial charge in [-0.15, -0.1) is 12.4 Å². The van der Waals surface area contributed by atoms with E-state index in [0.717, 1.165) is 32.6 Å². The van der Waals surface area contributed by atoms with E-state index >= 15 is 0 Å². The van der Waals surface area contributed by atoms with Crippen LogP contribution in [0.1, 0.15) is 25.8 Å². The number of halogens is 1. The smallest absolute Gasteiger partial charge is 0.224 e. The first kappa shape index (κ1) is 19.9. The minimum Gasteiger partial charge on any atom is -0.353 e. The van der Waals surface area contributed by atoms with E-state index in [-0.39, 0.29) is 30.3 Å². The number of rotatable bonds is 7. The average Bonchev–Trinajstić information content (AvgIpc) is 2.97. The highest BCUT2D eigenvalue weighted by Gasteiger charge is 2.28. The maximum absolute atomic E-state index is 12.1. The lowest BCUT2D eigenvalue weighted by Crippen LogP contribution is -2.43. The second-order valence-electron chi connectivity index (χ2n) is 6.53. The van der Waals surface area contributed by atoms with Crippen LogP contribution in [0.5, 0.6) is 0 Å². The van der Waals surface area contributed by atoms with Crippen molar-refractivity contribution in [3.8, 4) is 0 Å². The number of carbonyl (C=O) groups excluding carboxylic acids is 1. The molecule has 0 spiro atoms. The number of hydrogen-bond donors (Lipinski definition) is 2. The number of hydrogen-bond acceptors (Lipinski definition) is 3. The molecule has 0 aromatic heterocycles. The van der Waals surface area contributed by atoms with E-state index in [2.05, 4.69) is 52.8 Å². The summed E-state index contributed by atoms with van der Waals surface area (Å²) < 4.78 is 0. The fourth-order valence-corrected chi connectivity index (χ4v) is 3.14. The standard InChI is InChI=1S/C18H29N3O.ClH/c1-14(11-19-3)18(22)20-15(2)17-9-10-21(13-17)12-16-7-5-4-6-8-16;/h4-8,14-15,17,19H,9-13H2,1-3H3,(H,20,22);1H. The van der Waals surface area contributed by atoms with Gasteiger partial charge in [-0.1, -0.05) is 37.3 Å². The zero-order valence-corrected chi connectivity index (χ0v) is 15.2. The van der Waals surface area contributed by atoms with E-state index in [9.17, 15) is 4.79 Å². The minimum atomic E-state index is 0. The number of likely N-dealkylation sites (tertiary alicyclic amines) is 1. The van der Waals surface area contributed by atoms with Crippen LogP contribution in [0.2, 0.25) is 0 Å². The summed E-state index contributed by atoms with van der Waals surface area (Å²) in [6.07, 6.45) is 1.16. The van der Waals surface area contributed by atoms with Crippen LogP contribution >= 0.6 is 12.4 Å². The summed E-state index contributed by atoms with van der Waals surface area (Å²) in [5.41, 5.74) is 1.36. The molecular formula is C18H30ClN3O. The summed E-state index contributed by atoms with van der Waals surface area (Å²) in [6.45, 7) is 8.02. The molecular weight excluding hydrogens is 310 g/mol. The molecule has 1 aliphatic rings. The monoisotopic (exact) mass is 339 g/mol. The van der Waals surface area contributed by atoms with Crippen molar-refractivity contribution in [2.75, 3.05) is 26.7 Å². The normalized spacial score (nSPS) is 20.6. The van der Waals surface area contributed by atoms with E-state index in [4.69, 9.17) is 0 Å². The fraction of sp³-hybridized carbons (Fsp3) is 0.611. The molecule has 1 aliphatic heterocycles. The third-order valence-corrected chi connectivity index (χ3v) is 4.59. The fourth-order valence-electron chi connectivity index (χ4n) is 3.14. The van der Waals surface area contributed by atoms with Gasteiger partial charge in [0, 0.05) is 31.6 Å². The maximum atomic E-state index is 12.1. The van der Waals surface area contributed by atoms with Crippen LogP contribution in [0.25, 0.3) is 0 Å². The molecule has 2 rings (SSSR count). The lowest BCUT2D eigenvalue weighted by Gasteiger charge is -2.23. The first-order valence-electron chi connectivity index (χ1n) is 8.31. The number of nitrogens with one attached hydrogen (secondary N) is 2. The molecule has 5 heteroatoms. The molecule has 0 bridgehead atoms. The lowest BCUT2D eigenvalue weighted by molar-refractivity contribution is -0.125. The zero-order valence-electron chi connectivity index (χ0n) is 14.4. The Morgan fingerprint density at radius 1 is 1.30 bits per heavy atom. The Balaban J connectivity index is 0.00000264. The molecule has 0 saturated carbocycles. The van der Waals surface area contributed by atoms with Gasteiger partial charge in [0.15, 0.2) is 0 Å². The van der Waals surface area contributed by atoms with Gasteiger partial charge < -0.3 is 10.6 Å². The van der Waals surface area contributed by atoms with E-state index < -0.39 is 0 Å². The van der Waals surface area contributed by atoms with Crippen LogP contribution < -0.4 is 10.6 Å². The van der Waals surface area contributed by atoms with Gasteiger partial charge in [-0.05, 0) is 38.4 Å². The molecule has 3 atom stereocenters. The van der Waals surface area contributed by atoms with Crippen molar-refractivity contribution in [2.45, 2.75) is 32.9 Å². The number of nitrogens with zero attached hydrogens (tertiary/aromatic N) is 1. The molecule has 1 amide bonds. The first-order valence-corrected chi connectivity index (χ1v) is 8.31. The van der Waals surface area contributed by atoms with Crippen LogP contribution in [-0.4, -0.2) is 43.5 Å². The molecule has 23 heavy (non-hydrogen) atoms. The maximum Gasteiger partial charge on any atom is 0.224 e. The Morgan fingerprint density at radius 3 is 2.65 bits per heavy atom. The third kappa shape index (κ3) is 6.13. The first-order chi connectivity index (χ1) is 10.6. The Bertz CT molecular complexity index is 469. The minimum absolute atomic E-state index is 0. The molecule has 130 valence electrons. The second kappa shape index (κ2) is 9.91. The summed E-state index contributed by atoms with van der Waals surface area (Å²) in [7, 11) is 1.88. The van der Waals surface area contributed by atoms with E-state index in [1.54, 1.807) is 0 Å². The number of carbonyl (C=O) groups is 1. The van der Waals surface area contributed by atoms with Gasteiger partial charge in [0.2, 0.25) is 5.91 Å². The van der Waals surface area contributed by atoms with Crippen molar-refractivity contribution in [1.29, 1.82) is 0 Å². The molecule has 2 N–H and O–H groups in total. The van der Waals surface area contributed by atoms with Crippen molar-refractivity contribution in [3.63, 3.8) is 0 Å². The van der Waals surface area contributed by atoms with E-state index in [0.29, 0.717) is 5.92 Å². The van der Waals surface area contributed by atoms with Crippen LogP contribution in [0, 0.1) is 11.8 Å². The number of amides is 1. The van der Waals surface area contributed by atoms with Crippen LogP contribution in [0.3, 0.4) is 0 Å². The summed E-state index contributed by atoms with van der Waals surface area (Å²) in [5, 5.41) is 6.24. The molecule has 0 aliphatic carbocycles. The largest absolute Gasteiger partial charge is 0.353 e. The summed E-state index contributed by atoms with van der Waals surface area (Å²) in [6, 6.07) is 10.8. The second-order valence-corrected chi connectivity index (χ2v) is 6.53. The predicted molar refractivity (Wildman–Crippen MR) is 97.8 cm³/mol. The molecule has 1 saturated heterocycles. The zero-order chi connectivity index (χ0) is 15.9. The Morgan fingerprint density at radius 2 is 2.00 bits per heavy atom. The SMILES string of the molecule is CNCC(C)C(=O)NC(C)C1CCN(Cc2ccccc2)C1.Cl. The van der Waals surface area contributed by atoms with Crippen molar-refractivity contribution >= 4 is 18.3 Å². The van der Waals surface area contributed by atoms with Gasteiger partial charge in [0.1, 0.15) is 0 Å². The van der Waals surface area contributed by atoms with Gasteiger partial charge >= 0.3 is 0 Å². The van der Waals surface area contributed by atoms with Gasteiger partial charge in [0.25, 0.3) is 0 Å². The summed E-state index contributed by atoms with van der Waals surface area (Å²) >= 11 is 0. The van der Waals surface area contributed by atoms with Crippen LogP contribution in [0.15, 0.2) is 30.3 Å². The van der Waals surface area contributed by atoms with Crippen molar-refractivity contribution < 1.29 is 4.79 Å². The van der Waals surface area contributed by atoms with Gasteiger partial charge in [-0.25, -0.2) is 0 Å². The quantitative estimate of drug-likeness (QED) is 0.801. The Labute approximate surface area is 146 Å². The Kier molecular flexibility index (Phi) is 8.59. The van der Waals surface area contributed by atoms with Gasteiger partial charge in [-0.2, -0.15) is 0 Å². The lowest BCUT2D eigenvalue weighted by atomic mass is 9.99. The summed E-state index contributed by atoms with van der Waals surface area (Å²) in [4.78, 5) is 14.6. The van der Waals surface area contributed by atoms with Crippen LogP contribution in [0.4, 0.5) is 0 Å². The van der Waals surface area contributed by atoms with Crippen molar-refractivity contribution in [1.82, 2.24) is 15.5 Å². The molecule has 1 aromatic rings. The van der Waals surface area contributed by atoms with Crippen molar-refractivity contribution in [2.24, 2.45) is 11.8 Å². The predicted octanol–water partition coefficient (Wildman–Crippen LogP) is 2.29. The highest BCUT2D eigenvalue weighted by molar-refractivity contribution is 5.85. The Hall–Kier alpha value is -1.10. The third-order valence-electron chi connectivity index (χ3n) is 4.59. The van der Waals surface area contributed by atoms with Crippen molar-refractivity contribution in [3.05, 3.63) is 35.9 Å². The molecule has 1 aromatic carbocycles. The van der Waals surface area contributed by atoms with E-state index in [1.165, 1.54) is 5.56 Å². The highest BCUT2D eigenvalue weighted by Crippen LogP contribution is 2.21. The average molecular weight is 340 g/mol. The molecule has 4 nitrogen and oxygen atoms in total.